The van der Waals surface area contributed by atoms with Crippen LogP contribution in [0.5, 0.6) is 0 Å². The molecule has 2 heterocycles. The number of hydrogen-bond acceptors (Lipinski definition) is 3. The largest absolute Gasteiger partial charge is 0.323 e. The van der Waals surface area contributed by atoms with Crippen molar-refractivity contribution in [3.63, 3.8) is 0 Å². The SMILES string of the molecule is CCC(=O)N1CCN(C(=O)c2nn(C)cc2Br)C1. The van der Waals surface area contributed by atoms with E-state index < -0.39 is 0 Å². The summed E-state index contributed by atoms with van der Waals surface area (Å²) >= 11 is 3.31. The van der Waals surface area contributed by atoms with E-state index in [0.29, 0.717) is 36.3 Å². The van der Waals surface area contributed by atoms with Crippen LogP contribution in [0.4, 0.5) is 0 Å². The number of carbonyl (C=O) groups excluding carboxylic acids is 2. The molecular weight excluding hydrogens is 300 g/mol. The smallest absolute Gasteiger partial charge is 0.277 e. The zero-order chi connectivity index (χ0) is 13.3. The van der Waals surface area contributed by atoms with Gasteiger partial charge in [0, 0.05) is 32.8 Å². The molecule has 0 atom stereocenters. The van der Waals surface area contributed by atoms with Crippen molar-refractivity contribution in [2.45, 2.75) is 13.3 Å². The van der Waals surface area contributed by atoms with E-state index in [-0.39, 0.29) is 11.8 Å². The van der Waals surface area contributed by atoms with Gasteiger partial charge in [0.05, 0.1) is 11.1 Å². The Hall–Kier alpha value is -1.37. The molecular formula is C11H15BrN4O2. The van der Waals surface area contributed by atoms with Crippen LogP contribution in [0.2, 0.25) is 0 Å². The van der Waals surface area contributed by atoms with Gasteiger partial charge in [-0.3, -0.25) is 14.3 Å². The van der Waals surface area contributed by atoms with Crippen molar-refractivity contribution < 1.29 is 9.59 Å². The molecule has 0 N–H and O–H groups in total. The van der Waals surface area contributed by atoms with Crippen molar-refractivity contribution in [2.75, 3.05) is 19.8 Å². The summed E-state index contributed by atoms with van der Waals surface area (Å²) in [6.07, 6.45) is 2.20. The molecule has 1 aromatic rings. The zero-order valence-electron chi connectivity index (χ0n) is 10.4. The highest BCUT2D eigenvalue weighted by molar-refractivity contribution is 9.10. The second kappa shape index (κ2) is 5.09. The third-order valence-electron chi connectivity index (χ3n) is 2.91. The first-order valence-electron chi connectivity index (χ1n) is 5.79. The van der Waals surface area contributed by atoms with Gasteiger partial charge in [0.15, 0.2) is 5.69 Å². The molecule has 1 aliphatic rings. The monoisotopic (exact) mass is 314 g/mol. The summed E-state index contributed by atoms with van der Waals surface area (Å²) in [5.74, 6) is -0.0701. The maximum absolute atomic E-state index is 12.2. The number of hydrogen-bond donors (Lipinski definition) is 0. The number of amides is 2. The first-order chi connectivity index (χ1) is 8.52. The lowest BCUT2D eigenvalue weighted by Gasteiger charge is -2.17. The molecule has 7 heteroatoms. The molecule has 6 nitrogen and oxygen atoms in total. The number of rotatable bonds is 2. The molecule has 1 fully saturated rings. The molecule has 2 amide bonds. The molecule has 1 aliphatic heterocycles. The van der Waals surface area contributed by atoms with Gasteiger partial charge < -0.3 is 9.80 Å². The third-order valence-corrected chi connectivity index (χ3v) is 3.49. The van der Waals surface area contributed by atoms with Crippen LogP contribution in [-0.2, 0) is 11.8 Å². The number of halogens is 1. The highest BCUT2D eigenvalue weighted by Gasteiger charge is 2.29. The maximum Gasteiger partial charge on any atom is 0.277 e. The highest BCUT2D eigenvalue weighted by atomic mass is 79.9. The fraction of sp³-hybridized carbons (Fsp3) is 0.545. The van der Waals surface area contributed by atoms with E-state index in [1.807, 2.05) is 6.92 Å². The van der Waals surface area contributed by atoms with Crippen molar-refractivity contribution >= 4 is 27.7 Å². The van der Waals surface area contributed by atoms with Crippen LogP contribution in [0.3, 0.4) is 0 Å². The van der Waals surface area contributed by atoms with Crippen LogP contribution < -0.4 is 0 Å². The lowest BCUT2D eigenvalue weighted by Crippen LogP contribution is -2.34. The van der Waals surface area contributed by atoms with E-state index in [4.69, 9.17) is 0 Å². The summed E-state index contributed by atoms with van der Waals surface area (Å²) in [5, 5.41) is 4.12. The molecule has 0 aromatic carbocycles. The summed E-state index contributed by atoms with van der Waals surface area (Å²) in [4.78, 5) is 27.1. The van der Waals surface area contributed by atoms with E-state index in [9.17, 15) is 9.59 Å². The van der Waals surface area contributed by atoms with E-state index >= 15 is 0 Å². The fourth-order valence-corrected chi connectivity index (χ4v) is 2.48. The standard InChI is InChI=1S/C11H15BrN4O2/c1-3-9(17)15-4-5-16(7-15)11(18)10-8(12)6-14(2)13-10/h6H,3-5,7H2,1-2H3. The van der Waals surface area contributed by atoms with Gasteiger partial charge in [0.1, 0.15) is 0 Å². The van der Waals surface area contributed by atoms with Gasteiger partial charge in [-0.25, -0.2) is 0 Å². The van der Waals surface area contributed by atoms with E-state index in [0.717, 1.165) is 0 Å². The molecule has 2 rings (SSSR count). The minimum Gasteiger partial charge on any atom is -0.323 e. The van der Waals surface area contributed by atoms with Crippen LogP contribution >= 0.6 is 15.9 Å². The normalized spacial score (nSPS) is 15.3. The van der Waals surface area contributed by atoms with Crippen LogP contribution in [0, 0.1) is 0 Å². The molecule has 0 aliphatic carbocycles. The Morgan fingerprint density at radius 1 is 1.39 bits per heavy atom. The average molecular weight is 315 g/mol. The Labute approximate surface area is 114 Å². The fourth-order valence-electron chi connectivity index (χ4n) is 1.94. The first-order valence-corrected chi connectivity index (χ1v) is 6.58. The quantitative estimate of drug-likeness (QED) is 0.812. The minimum absolute atomic E-state index is 0.0744. The van der Waals surface area contributed by atoms with Crippen LogP contribution in [0.15, 0.2) is 10.7 Å². The maximum atomic E-state index is 12.2. The van der Waals surface area contributed by atoms with Gasteiger partial charge in [-0.2, -0.15) is 5.10 Å². The lowest BCUT2D eigenvalue weighted by atomic mass is 10.4. The Morgan fingerprint density at radius 3 is 2.61 bits per heavy atom. The lowest BCUT2D eigenvalue weighted by molar-refractivity contribution is -0.130. The summed E-state index contributed by atoms with van der Waals surface area (Å²) in [7, 11) is 1.76. The molecule has 18 heavy (non-hydrogen) atoms. The topological polar surface area (TPSA) is 58.4 Å². The molecule has 1 aromatic heterocycles. The molecule has 0 spiro atoms. The van der Waals surface area contributed by atoms with Gasteiger partial charge in [-0.1, -0.05) is 6.92 Å². The Kier molecular flexibility index (Phi) is 3.70. The Morgan fingerprint density at radius 2 is 2.06 bits per heavy atom. The van der Waals surface area contributed by atoms with Gasteiger partial charge >= 0.3 is 0 Å². The molecule has 0 bridgehead atoms. The van der Waals surface area contributed by atoms with Gasteiger partial charge in [-0.05, 0) is 15.9 Å². The van der Waals surface area contributed by atoms with E-state index in [2.05, 4.69) is 21.0 Å². The average Bonchev–Trinajstić information content (AvgIpc) is 2.94. The Bertz CT molecular complexity index is 485. The van der Waals surface area contributed by atoms with Gasteiger partial charge in [-0.15, -0.1) is 0 Å². The van der Waals surface area contributed by atoms with Crippen LogP contribution in [0.25, 0.3) is 0 Å². The third kappa shape index (κ3) is 2.40. The van der Waals surface area contributed by atoms with E-state index in [1.54, 1.807) is 27.7 Å². The van der Waals surface area contributed by atoms with Crippen molar-refractivity contribution in [3.8, 4) is 0 Å². The highest BCUT2D eigenvalue weighted by Crippen LogP contribution is 2.18. The number of carbonyl (C=O) groups is 2. The summed E-state index contributed by atoms with van der Waals surface area (Å²) < 4.78 is 2.26. The molecule has 0 unspecified atom stereocenters. The van der Waals surface area contributed by atoms with E-state index in [1.165, 1.54) is 0 Å². The predicted octanol–water partition coefficient (Wildman–Crippen LogP) is 0.834. The Balaban J connectivity index is 2.08. The summed E-state index contributed by atoms with van der Waals surface area (Å²) in [6, 6.07) is 0. The van der Waals surface area contributed by atoms with Crippen molar-refractivity contribution in [1.82, 2.24) is 19.6 Å². The van der Waals surface area contributed by atoms with Gasteiger partial charge in [0.25, 0.3) is 5.91 Å². The second-order valence-electron chi connectivity index (χ2n) is 4.22. The number of nitrogens with zero attached hydrogens (tertiary/aromatic N) is 4. The second-order valence-corrected chi connectivity index (χ2v) is 5.07. The van der Waals surface area contributed by atoms with Crippen molar-refractivity contribution in [3.05, 3.63) is 16.4 Å². The minimum atomic E-state index is -0.145. The van der Waals surface area contributed by atoms with Crippen molar-refractivity contribution in [2.24, 2.45) is 7.05 Å². The first kappa shape index (κ1) is 13.1. The molecule has 0 saturated carbocycles. The molecule has 1 saturated heterocycles. The van der Waals surface area contributed by atoms with Gasteiger partial charge in [0.2, 0.25) is 5.91 Å². The molecule has 0 radical (unpaired) electrons. The summed E-state index contributed by atoms with van der Waals surface area (Å²) in [5.41, 5.74) is 0.392. The molecule has 98 valence electrons. The van der Waals surface area contributed by atoms with Crippen molar-refractivity contribution in [1.29, 1.82) is 0 Å². The number of aromatic nitrogens is 2. The van der Waals surface area contributed by atoms with Crippen LogP contribution in [-0.4, -0.2) is 51.2 Å². The zero-order valence-corrected chi connectivity index (χ0v) is 12.0. The summed E-state index contributed by atoms with van der Waals surface area (Å²) in [6.45, 7) is 3.34. The number of aryl methyl sites for hydroxylation is 1. The predicted molar refractivity (Wildman–Crippen MR) is 68.8 cm³/mol. The van der Waals surface area contributed by atoms with Crippen LogP contribution in [0.1, 0.15) is 23.8 Å².